The van der Waals surface area contributed by atoms with Crippen molar-refractivity contribution in [1.29, 1.82) is 0 Å². The molecule has 1 aliphatic carbocycles. The fourth-order valence-electron chi connectivity index (χ4n) is 2.62. The number of aliphatic hydroxyl groups is 1. The number of aryl methyl sites for hydroxylation is 2. The second-order valence-corrected chi connectivity index (χ2v) is 6.14. The van der Waals surface area contributed by atoms with Crippen LogP contribution in [0.3, 0.4) is 0 Å². The standard InChI is InChI=1S/C16H18OS/c17-16(12-7-3-1-4-8-12)15-11-13-9-5-2-6-10-14(13)18-15/h1,3-4,7-8,11,16-17H,2,5-6,9-10H2. The highest BCUT2D eigenvalue weighted by Gasteiger charge is 2.17. The van der Waals surface area contributed by atoms with E-state index in [1.807, 2.05) is 30.3 Å². The molecule has 3 rings (SSSR count). The molecule has 0 amide bonds. The smallest absolute Gasteiger partial charge is 0.113 e. The maximum atomic E-state index is 10.4. The van der Waals surface area contributed by atoms with Crippen LogP contribution in [0.2, 0.25) is 0 Å². The minimum atomic E-state index is -0.455. The summed E-state index contributed by atoms with van der Waals surface area (Å²) in [5, 5.41) is 10.4. The quantitative estimate of drug-likeness (QED) is 0.804. The first kappa shape index (κ1) is 11.9. The second-order valence-electron chi connectivity index (χ2n) is 4.97. The molecule has 0 fully saturated rings. The zero-order valence-corrected chi connectivity index (χ0v) is 11.2. The Labute approximate surface area is 112 Å². The van der Waals surface area contributed by atoms with Gasteiger partial charge < -0.3 is 5.11 Å². The molecule has 1 heterocycles. The van der Waals surface area contributed by atoms with Gasteiger partial charge in [0.25, 0.3) is 0 Å². The molecule has 0 radical (unpaired) electrons. The number of rotatable bonds is 2. The Kier molecular flexibility index (Phi) is 3.48. The third-order valence-corrected chi connectivity index (χ3v) is 4.94. The van der Waals surface area contributed by atoms with Gasteiger partial charge in [0.05, 0.1) is 0 Å². The molecular weight excluding hydrogens is 240 g/mol. The maximum Gasteiger partial charge on any atom is 0.113 e. The average Bonchev–Trinajstić information content (AvgIpc) is 2.70. The predicted molar refractivity (Wildman–Crippen MR) is 76.1 cm³/mol. The van der Waals surface area contributed by atoms with Crippen LogP contribution in [0.5, 0.6) is 0 Å². The molecule has 0 saturated heterocycles. The lowest BCUT2D eigenvalue weighted by molar-refractivity contribution is 0.224. The van der Waals surface area contributed by atoms with Gasteiger partial charge in [-0.25, -0.2) is 0 Å². The zero-order valence-electron chi connectivity index (χ0n) is 10.4. The Bertz CT molecular complexity index is 492. The highest BCUT2D eigenvalue weighted by Crippen LogP contribution is 2.34. The van der Waals surface area contributed by atoms with E-state index in [2.05, 4.69) is 6.07 Å². The van der Waals surface area contributed by atoms with E-state index in [-0.39, 0.29) is 0 Å². The molecule has 0 bridgehead atoms. The average molecular weight is 258 g/mol. The molecule has 0 aliphatic heterocycles. The minimum absolute atomic E-state index is 0.455. The molecule has 1 N–H and O–H groups in total. The summed E-state index contributed by atoms with van der Waals surface area (Å²) >= 11 is 1.80. The zero-order chi connectivity index (χ0) is 12.4. The Balaban J connectivity index is 1.89. The maximum absolute atomic E-state index is 10.4. The van der Waals surface area contributed by atoms with E-state index < -0.39 is 6.10 Å². The van der Waals surface area contributed by atoms with E-state index in [0.29, 0.717) is 0 Å². The summed E-state index contributed by atoms with van der Waals surface area (Å²) in [6, 6.07) is 12.2. The minimum Gasteiger partial charge on any atom is -0.383 e. The van der Waals surface area contributed by atoms with Crippen molar-refractivity contribution in [3.63, 3.8) is 0 Å². The fourth-order valence-corrected chi connectivity index (χ4v) is 3.90. The summed E-state index contributed by atoms with van der Waals surface area (Å²) in [5.41, 5.74) is 2.47. The highest BCUT2D eigenvalue weighted by molar-refractivity contribution is 7.12. The van der Waals surface area contributed by atoms with E-state index in [9.17, 15) is 5.11 Å². The van der Waals surface area contributed by atoms with Crippen molar-refractivity contribution in [2.24, 2.45) is 0 Å². The van der Waals surface area contributed by atoms with E-state index >= 15 is 0 Å². The molecule has 1 aromatic carbocycles. The predicted octanol–water partition coefficient (Wildman–Crippen LogP) is 4.10. The molecule has 2 heteroatoms. The normalized spacial score (nSPS) is 16.9. The topological polar surface area (TPSA) is 20.2 Å². The van der Waals surface area contributed by atoms with Crippen molar-refractivity contribution in [3.05, 3.63) is 57.3 Å². The molecule has 1 unspecified atom stereocenters. The van der Waals surface area contributed by atoms with Crippen molar-refractivity contribution in [3.8, 4) is 0 Å². The molecule has 0 saturated carbocycles. The number of hydrogen-bond donors (Lipinski definition) is 1. The van der Waals surface area contributed by atoms with Crippen LogP contribution in [-0.4, -0.2) is 5.11 Å². The van der Waals surface area contributed by atoms with E-state index in [0.717, 1.165) is 10.4 Å². The van der Waals surface area contributed by atoms with Crippen LogP contribution in [0.25, 0.3) is 0 Å². The van der Waals surface area contributed by atoms with Gasteiger partial charge in [0.2, 0.25) is 0 Å². The molecular formula is C16H18OS. The summed E-state index contributed by atoms with van der Waals surface area (Å²) < 4.78 is 0. The first-order valence-corrected chi connectivity index (χ1v) is 7.51. The van der Waals surface area contributed by atoms with Crippen LogP contribution < -0.4 is 0 Å². The van der Waals surface area contributed by atoms with Crippen LogP contribution in [-0.2, 0) is 12.8 Å². The first-order valence-electron chi connectivity index (χ1n) is 6.69. The van der Waals surface area contributed by atoms with Gasteiger partial charge in [-0.1, -0.05) is 36.8 Å². The molecule has 0 spiro atoms. The molecule has 1 aromatic heterocycles. The van der Waals surface area contributed by atoms with E-state index in [4.69, 9.17) is 0 Å². The SMILES string of the molecule is OC(c1ccccc1)c1cc2c(s1)CCCCC2. The Morgan fingerprint density at radius 2 is 1.78 bits per heavy atom. The van der Waals surface area contributed by atoms with Gasteiger partial charge in [-0.15, -0.1) is 11.3 Å². The molecule has 18 heavy (non-hydrogen) atoms. The van der Waals surface area contributed by atoms with Crippen LogP contribution >= 0.6 is 11.3 Å². The van der Waals surface area contributed by atoms with Crippen molar-refractivity contribution in [2.75, 3.05) is 0 Å². The highest BCUT2D eigenvalue weighted by atomic mass is 32.1. The molecule has 2 aromatic rings. The van der Waals surface area contributed by atoms with Gasteiger partial charge in [-0.2, -0.15) is 0 Å². The fraction of sp³-hybridized carbons (Fsp3) is 0.375. The van der Waals surface area contributed by atoms with E-state index in [1.54, 1.807) is 11.3 Å². The van der Waals surface area contributed by atoms with E-state index in [1.165, 1.54) is 42.5 Å². The summed E-state index contributed by atoms with van der Waals surface area (Å²) in [6.45, 7) is 0. The van der Waals surface area contributed by atoms with Gasteiger partial charge in [0.1, 0.15) is 6.10 Å². The number of aliphatic hydroxyl groups excluding tert-OH is 1. The van der Waals surface area contributed by atoms with Crippen LogP contribution in [0.1, 0.15) is 46.2 Å². The third kappa shape index (κ3) is 2.36. The number of fused-ring (bicyclic) bond motifs is 1. The third-order valence-electron chi connectivity index (χ3n) is 3.65. The summed E-state index contributed by atoms with van der Waals surface area (Å²) in [6.07, 6.45) is 5.87. The van der Waals surface area contributed by atoms with Crippen LogP contribution in [0, 0.1) is 0 Å². The van der Waals surface area contributed by atoms with Crippen molar-refractivity contribution in [1.82, 2.24) is 0 Å². The first-order chi connectivity index (χ1) is 8.84. The van der Waals surface area contributed by atoms with Crippen molar-refractivity contribution in [2.45, 2.75) is 38.2 Å². The summed E-state index contributed by atoms with van der Waals surface area (Å²) in [4.78, 5) is 2.60. The number of hydrogen-bond acceptors (Lipinski definition) is 2. The Morgan fingerprint density at radius 3 is 2.61 bits per heavy atom. The van der Waals surface area contributed by atoms with Gasteiger partial charge in [-0.3, -0.25) is 0 Å². The summed E-state index contributed by atoms with van der Waals surface area (Å²) in [7, 11) is 0. The van der Waals surface area contributed by atoms with Crippen molar-refractivity contribution >= 4 is 11.3 Å². The number of thiophene rings is 1. The largest absolute Gasteiger partial charge is 0.383 e. The lowest BCUT2D eigenvalue weighted by atomic mass is 10.1. The Hall–Kier alpha value is -1.12. The lowest BCUT2D eigenvalue weighted by Crippen LogP contribution is -1.96. The van der Waals surface area contributed by atoms with Crippen LogP contribution in [0.4, 0.5) is 0 Å². The monoisotopic (exact) mass is 258 g/mol. The summed E-state index contributed by atoms with van der Waals surface area (Å²) in [5.74, 6) is 0. The lowest BCUT2D eigenvalue weighted by Gasteiger charge is -2.08. The molecule has 1 atom stereocenters. The molecule has 1 aliphatic rings. The van der Waals surface area contributed by atoms with Crippen molar-refractivity contribution < 1.29 is 5.11 Å². The molecule has 94 valence electrons. The van der Waals surface area contributed by atoms with Gasteiger partial charge in [0.15, 0.2) is 0 Å². The second kappa shape index (κ2) is 5.25. The van der Waals surface area contributed by atoms with Gasteiger partial charge in [-0.05, 0) is 42.9 Å². The van der Waals surface area contributed by atoms with Crippen LogP contribution in [0.15, 0.2) is 36.4 Å². The Morgan fingerprint density at radius 1 is 1.00 bits per heavy atom. The molecule has 1 nitrogen and oxygen atoms in total. The van der Waals surface area contributed by atoms with Gasteiger partial charge >= 0.3 is 0 Å². The number of benzene rings is 1. The van der Waals surface area contributed by atoms with Gasteiger partial charge in [0, 0.05) is 9.75 Å².